The summed E-state index contributed by atoms with van der Waals surface area (Å²) >= 11 is 0. The van der Waals surface area contributed by atoms with Gasteiger partial charge in [0.15, 0.2) is 5.82 Å². The van der Waals surface area contributed by atoms with E-state index in [1.807, 2.05) is 25.1 Å². The van der Waals surface area contributed by atoms with Crippen molar-refractivity contribution in [1.82, 2.24) is 30.3 Å². The molecule has 0 atom stereocenters. The van der Waals surface area contributed by atoms with Crippen LogP contribution < -0.4 is 10.6 Å². The second-order valence-corrected chi connectivity index (χ2v) is 6.16. The lowest BCUT2D eigenvalue weighted by atomic mass is 10.2. The second-order valence-electron chi connectivity index (χ2n) is 6.16. The minimum Gasteiger partial charge on any atom is -0.352 e. The molecule has 3 rings (SSSR count). The molecule has 3 heterocycles. The highest BCUT2D eigenvalue weighted by Crippen LogP contribution is 2.14. The Morgan fingerprint density at radius 2 is 2.04 bits per heavy atom. The Hall–Kier alpha value is -1.67. The summed E-state index contributed by atoms with van der Waals surface area (Å²) in [6, 6.07) is 5.67. The molecule has 0 saturated carbocycles. The van der Waals surface area contributed by atoms with Crippen molar-refractivity contribution >= 4 is 30.7 Å². The summed E-state index contributed by atoms with van der Waals surface area (Å²) in [5.41, 5.74) is 1.52. The number of aromatic nitrogens is 3. The first kappa shape index (κ1) is 23.4. The average Bonchev–Trinajstić information content (AvgIpc) is 3.11. The molecule has 1 fully saturated rings. The number of hydrogen-bond donors (Lipinski definition) is 2. The Morgan fingerprint density at radius 3 is 2.70 bits per heavy atom. The van der Waals surface area contributed by atoms with Gasteiger partial charge >= 0.3 is 0 Å². The molecule has 0 unspecified atom stereocenters. The van der Waals surface area contributed by atoms with Crippen LogP contribution in [-0.4, -0.2) is 64.8 Å². The molecule has 1 amide bonds. The van der Waals surface area contributed by atoms with Crippen molar-refractivity contribution in [2.75, 3.05) is 39.3 Å². The van der Waals surface area contributed by atoms with Crippen LogP contribution in [0.1, 0.15) is 29.4 Å². The fourth-order valence-electron chi connectivity index (χ4n) is 3.11. The fraction of sp³-hybridized carbons (Fsp3) is 0.500. The maximum Gasteiger partial charge on any atom is 0.254 e. The maximum atomic E-state index is 12.5. The van der Waals surface area contributed by atoms with E-state index >= 15 is 0 Å². The first-order chi connectivity index (χ1) is 12.3. The van der Waals surface area contributed by atoms with Crippen LogP contribution in [0.15, 0.2) is 30.6 Å². The minimum atomic E-state index is -0.0562. The summed E-state index contributed by atoms with van der Waals surface area (Å²) < 4.78 is 1.75. The number of halogens is 2. The van der Waals surface area contributed by atoms with Gasteiger partial charge < -0.3 is 15.5 Å². The molecule has 0 aromatic carbocycles. The van der Waals surface area contributed by atoms with Gasteiger partial charge in [-0.3, -0.25) is 4.79 Å². The van der Waals surface area contributed by atoms with Crippen molar-refractivity contribution in [3.63, 3.8) is 0 Å². The Morgan fingerprint density at radius 1 is 1.26 bits per heavy atom. The average molecular weight is 415 g/mol. The van der Waals surface area contributed by atoms with Crippen LogP contribution >= 0.6 is 24.8 Å². The summed E-state index contributed by atoms with van der Waals surface area (Å²) in [4.78, 5) is 19.3. The molecule has 2 aromatic heterocycles. The SMILES string of the molecule is CCc1c(C(=O)NCCCN2CCNCC2)cnn1-c1ccccn1.Cl.Cl. The second kappa shape index (κ2) is 11.9. The third-order valence-electron chi connectivity index (χ3n) is 4.46. The summed E-state index contributed by atoms with van der Waals surface area (Å²) in [5, 5.41) is 10.7. The zero-order valence-corrected chi connectivity index (χ0v) is 17.2. The Labute approximate surface area is 172 Å². The van der Waals surface area contributed by atoms with Crippen molar-refractivity contribution in [1.29, 1.82) is 0 Å². The van der Waals surface area contributed by atoms with Gasteiger partial charge in [0.1, 0.15) is 0 Å². The van der Waals surface area contributed by atoms with Gasteiger partial charge in [-0.2, -0.15) is 5.10 Å². The molecule has 1 aliphatic rings. The Balaban J connectivity index is 0.00000182. The predicted octanol–water partition coefficient (Wildman–Crippen LogP) is 1.70. The van der Waals surface area contributed by atoms with Crippen LogP contribution in [0.25, 0.3) is 5.82 Å². The lowest BCUT2D eigenvalue weighted by molar-refractivity contribution is 0.0950. The largest absolute Gasteiger partial charge is 0.352 e. The van der Waals surface area contributed by atoms with Gasteiger partial charge in [0, 0.05) is 38.9 Å². The third-order valence-corrected chi connectivity index (χ3v) is 4.46. The molecule has 27 heavy (non-hydrogen) atoms. The van der Waals surface area contributed by atoms with Crippen LogP contribution in [0.3, 0.4) is 0 Å². The van der Waals surface area contributed by atoms with E-state index in [9.17, 15) is 4.79 Å². The zero-order valence-electron chi connectivity index (χ0n) is 15.6. The number of hydrogen-bond acceptors (Lipinski definition) is 5. The number of carbonyl (C=O) groups excluding carboxylic acids is 1. The van der Waals surface area contributed by atoms with E-state index in [0.717, 1.165) is 57.1 Å². The van der Waals surface area contributed by atoms with E-state index in [-0.39, 0.29) is 30.7 Å². The van der Waals surface area contributed by atoms with Crippen molar-refractivity contribution in [3.8, 4) is 5.82 Å². The first-order valence-electron chi connectivity index (χ1n) is 8.99. The Kier molecular flexibility index (Phi) is 10.3. The molecule has 2 aromatic rings. The van der Waals surface area contributed by atoms with Crippen molar-refractivity contribution < 1.29 is 4.79 Å². The maximum absolute atomic E-state index is 12.5. The molecule has 0 aliphatic carbocycles. The molecule has 0 bridgehead atoms. The molecule has 150 valence electrons. The van der Waals surface area contributed by atoms with Gasteiger partial charge in [0.25, 0.3) is 5.91 Å². The molecule has 0 radical (unpaired) electrons. The molecular weight excluding hydrogens is 387 g/mol. The number of piperazine rings is 1. The standard InChI is InChI=1S/C18H26N6O.2ClH/c1-2-16-15(14-22-24(16)17-6-3-4-7-20-17)18(25)21-8-5-11-23-12-9-19-10-13-23;;/h3-4,6-7,14,19H,2,5,8-13H2,1H3,(H,21,25);2*1H. The molecular formula is C18H28Cl2N6O. The van der Waals surface area contributed by atoms with Crippen LogP contribution in [-0.2, 0) is 6.42 Å². The van der Waals surface area contributed by atoms with Gasteiger partial charge in [-0.05, 0) is 31.5 Å². The summed E-state index contributed by atoms with van der Waals surface area (Å²) in [5.74, 6) is 0.677. The van der Waals surface area contributed by atoms with E-state index in [0.29, 0.717) is 12.1 Å². The van der Waals surface area contributed by atoms with Crippen LogP contribution in [0.5, 0.6) is 0 Å². The molecule has 1 saturated heterocycles. The van der Waals surface area contributed by atoms with E-state index in [2.05, 4.69) is 25.6 Å². The minimum absolute atomic E-state index is 0. The third kappa shape index (κ3) is 6.17. The van der Waals surface area contributed by atoms with Gasteiger partial charge in [0.2, 0.25) is 0 Å². The lowest BCUT2D eigenvalue weighted by Crippen LogP contribution is -2.44. The molecule has 2 N–H and O–H groups in total. The lowest BCUT2D eigenvalue weighted by Gasteiger charge is -2.27. The number of nitrogens with zero attached hydrogens (tertiary/aromatic N) is 4. The summed E-state index contributed by atoms with van der Waals surface area (Å²) in [6.45, 7) is 8.02. The molecule has 9 heteroatoms. The highest BCUT2D eigenvalue weighted by atomic mass is 35.5. The number of carbonyl (C=O) groups is 1. The molecule has 0 spiro atoms. The van der Waals surface area contributed by atoms with Crippen molar-refractivity contribution in [2.45, 2.75) is 19.8 Å². The first-order valence-corrected chi connectivity index (χ1v) is 8.99. The quantitative estimate of drug-likeness (QED) is 0.674. The van der Waals surface area contributed by atoms with Gasteiger partial charge in [-0.15, -0.1) is 24.8 Å². The highest BCUT2D eigenvalue weighted by molar-refractivity contribution is 5.95. The van der Waals surface area contributed by atoms with Gasteiger partial charge in [-0.1, -0.05) is 13.0 Å². The van der Waals surface area contributed by atoms with E-state index in [4.69, 9.17) is 0 Å². The van der Waals surface area contributed by atoms with E-state index in [1.54, 1.807) is 17.1 Å². The highest BCUT2D eigenvalue weighted by Gasteiger charge is 2.17. The van der Waals surface area contributed by atoms with Crippen LogP contribution in [0, 0.1) is 0 Å². The van der Waals surface area contributed by atoms with E-state index in [1.165, 1.54) is 0 Å². The number of rotatable bonds is 7. The summed E-state index contributed by atoms with van der Waals surface area (Å²) in [7, 11) is 0. The predicted molar refractivity (Wildman–Crippen MR) is 111 cm³/mol. The van der Waals surface area contributed by atoms with Crippen molar-refractivity contribution in [2.24, 2.45) is 0 Å². The smallest absolute Gasteiger partial charge is 0.254 e. The number of pyridine rings is 1. The molecule has 1 aliphatic heterocycles. The Bertz CT molecular complexity index is 688. The van der Waals surface area contributed by atoms with Crippen LogP contribution in [0.2, 0.25) is 0 Å². The number of amides is 1. The van der Waals surface area contributed by atoms with Gasteiger partial charge in [-0.25, -0.2) is 9.67 Å². The normalized spacial score (nSPS) is 14.1. The van der Waals surface area contributed by atoms with Gasteiger partial charge in [0.05, 0.1) is 17.5 Å². The van der Waals surface area contributed by atoms with Crippen LogP contribution in [0.4, 0.5) is 0 Å². The van der Waals surface area contributed by atoms with Crippen molar-refractivity contribution in [3.05, 3.63) is 41.9 Å². The topological polar surface area (TPSA) is 75.1 Å². The zero-order chi connectivity index (χ0) is 17.5. The number of nitrogens with one attached hydrogen (secondary N) is 2. The monoisotopic (exact) mass is 414 g/mol. The fourth-order valence-corrected chi connectivity index (χ4v) is 3.11. The van der Waals surface area contributed by atoms with E-state index < -0.39 is 0 Å². The molecule has 7 nitrogen and oxygen atoms in total. The summed E-state index contributed by atoms with van der Waals surface area (Å²) in [6.07, 6.45) is 5.05.